The summed E-state index contributed by atoms with van der Waals surface area (Å²) in [4.78, 5) is 2.32. The lowest BCUT2D eigenvalue weighted by atomic mass is 9.81. The highest BCUT2D eigenvalue weighted by Gasteiger charge is 2.37. The van der Waals surface area contributed by atoms with Crippen molar-refractivity contribution in [1.82, 2.24) is 0 Å². The quantitative estimate of drug-likeness (QED) is 0.187. The van der Waals surface area contributed by atoms with E-state index >= 15 is 0 Å². The largest absolute Gasteiger partial charge is 0.456 e. The molecule has 246 valence electrons. The molecule has 10 aromatic rings. The van der Waals surface area contributed by atoms with Gasteiger partial charge < -0.3 is 13.7 Å². The zero-order valence-corrected chi connectivity index (χ0v) is 28.9. The monoisotopic (exact) mass is 667 g/mol. The number of fused-ring (bicyclic) bond motifs is 12. The Bertz CT molecular complexity index is 3050. The van der Waals surface area contributed by atoms with Crippen LogP contribution in [0.3, 0.4) is 0 Å². The molecule has 0 aliphatic heterocycles. The van der Waals surface area contributed by atoms with Crippen molar-refractivity contribution in [3.8, 4) is 22.3 Å². The highest BCUT2D eigenvalue weighted by atomic mass is 16.3. The van der Waals surface area contributed by atoms with Crippen molar-refractivity contribution in [3.63, 3.8) is 0 Å². The summed E-state index contributed by atoms with van der Waals surface area (Å²) in [5.74, 6) is 0. The number of benzene rings is 8. The Morgan fingerprint density at radius 1 is 0.423 bits per heavy atom. The van der Waals surface area contributed by atoms with E-state index in [0.29, 0.717) is 0 Å². The summed E-state index contributed by atoms with van der Waals surface area (Å²) in [6.07, 6.45) is 0. The topological polar surface area (TPSA) is 29.5 Å². The highest BCUT2D eigenvalue weighted by molar-refractivity contribution is 6.24. The van der Waals surface area contributed by atoms with Gasteiger partial charge in [-0.2, -0.15) is 0 Å². The van der Waals surface area contributed by atoms with Gasteiger partial charge in [0.25, 0.3) is 0 Å². The fourth-order valence-corrected chi connectivity index (χ4v) is 8.74. The van der Waals surface area contributed by atoms with E-state index in [1.807, 2.05) is 18.2 Å². The minimum atomic E-state index is -0.174. The summed E-state index contributed by atoms with van der Waals surface area (Å²) in [5.41, 5.74) is 14.4. The molecule has 0 radical (unpaired) electrons. The maximum absolute atomic E-state index is 6.36. The number of para-hydroxylation sites is 3. The SMILES string of the molecule is CC1(C)c2cc(-c3cccc(N(c4ccccc4)c4ccc5c(c4)oc4ccccc45)c3)ccc2-c2c1ccc1ccc3oc4ccccc4c3c21. The molecule has 0 atom stereocenters. The van der Waals surface area contributed by atoms with Crippen molar-refractivity contribution in [2.75, 3.05) is 4.90 Å². The first kappa shape index (κ1) is 29.2. The van der Waals surface area contributed by atoms with Crippen molar-refractivity contribution in [1.29, 1.82) is 0 Å². The summed E-state index contributed by atoms with van der Waals surface area (Å²) < 4.78 is 12.7. The molecule has 0 fully saturated rings. The molecular weight excluding hydrogens is 635 g/mol. The van der Waals surface area contributed by atoms with Gasteiger partial charge in [-0.3, -0.25) is 0 Å². The molecule has 3 nitrogen and oxygen atoms in total. The molecule has 0 amide bonds. The van der Waals surface area contributed by atoms with Crippen molar-refractivity contribution >= 4 is 71.7 Å². The number of hydrogen-bond acceptors (Lipinski definition) is 3. The van der Waals surface area contributed by atoms with Crippen LogP contribution in [0.1, 0.15) is 25.0 Å². The Labute approximate surface area is 301 Å². The predicted molar refractivity (Wildman–Crippen MR) is 216 cm³/mol. The molecule has 0 unspecified atom stereocenters. The second-order valence-corrected chi connectivity index (χ2v) is 14.5. The third kappa shape index (κ3) is 4.14. The lowest BCUT2D eigenvalue weighted by molar-refractivity contribution is 0.661. The normalized spacial score (nSPS) is 13.3. The number of anilines is 3. The molecule has 1 aliphatic rings. The van der Waals surface area contributed by atoms with Crippen molar-refractivity contribution in [2.45, 2.75) is 19.3 Å². The van der Waals surface area contributed by atoms with Gasteiger partial charge in [-0.25, -0.2) is 0 Å². The Balaban J connectivity index is 1.06. The van der Waals surface area contributed by atoms with Gasteiger partial charge in [0.05, 0.1) is 0 Å². The van der Waals surface area contributed by atoms with Gasteiger partial charge in [0.15, 0.2) is 0 Å². The van der Waals surface area contributed by atoms with E-state index in [-0.39, 0.29) is 5.41 Å². The average Bonchev–Trinajstić information content (AvgIpc) is 3.82. The van der Waals surface area contributed by atoms with E-state index in [0.717, 1.165) is 50.2 Å². The van der Waals surface area contributed by atoms with Crippen LogP contribution in [-0.2, 0) is 5.41 Å². The van der Waals surface area contributed by atoms with E-state index in [1.54, 1.807) is 0 Å². The average molecular weight is 668 g/mol. The maximum atomic E-state index is 6.36. The van der Waals surface area contributed by atoms with E-state index in [2.05, 4.69) is 164 Å². The van der Waals surface area contributed by atoms with Crippen LogP contribution in [0.15, 0.2) is 173 Å². The van der Waals surface area contributed by atoms with Crippen LogP contribution in [0, 0.1) is 0 Å². The first-order valence-corrected chi connectivity index (χ1v) is 17.9. The molecule has 0 bridgehead atoms. The first-order chi connectivity index (χ1) is 25.5. The van der Waals surface area contributed by atoms with E-state index in [9.17, 15) is 0 Å². The predicted octanol–water partition coefficient (Wildman–Crippen LogP) is 14.1. The Morgan fingerprint density at radius 3 is 1.96 bits per heavy atom. The second-order valence-electron chi connectivity index (χ2n) is 14.5. The third-order valence-corrected chi connectivity index (χ3v) is 11.2. The molecule has 0 saturated heterocycles. The van der Waals surface area contributed by atoms with Crippen LogP contribution >= 0.6 is 0 Å². The summed E-state index contributed by atoms with van der Waals surface area (Å²) in [5, 5.41) is 7.14. The third-order valence-electron chi connectivity index (χ3n) is 11.2. The van der Waals surface area contributed by atoms with Gasteiger partial charge in [0.2, 0.25) is 0 Å². The molecular formula is C49H33NO2. The van der Waals surface area contributed by atoms with Crippen LogP contribution < -0.4 is 4.90 Å². The van der Waals surface area contributed by atoms with Gasteiger partial charge in [0.1, 0.15) is 22.3 Å². The highest BCUT2D eigenvalue weighted by Crippen LogP contribution is 2.54. The van der Waals surface area contributed by atoms with Crippen LogP contribution in [0.4, 0.5) is 17.1 Å². The zero-order valence-electron chi connectivity index (χ0n) is 28.9. The van der Waals surface area contributed by atoms with Gasteiger partial charge in [0, 0.05) is 55.5 Å². The minimum absolute atomic E-state index is 0.174. The fraction of sp³-hybridized carbons (Fsp3) is 0.0612. The maximum Gasteiger partial charge on any atom is 0.137 e. The standard InChI is InChI=1S/C49H33NO2/c1-49(2)40-25-20-30-21-26-44-48(39-16-7-9-18-43(39)51-44)46(30)47(40)38-23-19-32(28-41(38)49)31-11-10-14-34(27-31)50(33-12-4-3-5-13-33)35-22-24-37-36-15-6-8-17-42(36)52-45(37)29-35/h3-29H,1-2H3. The lowest BCUT2D eigenvalue weighted by Gasteiger charge is -2.26. The minimum Gasteiger partial charge on any atom is -0.456 e. The Hall–Kier alpha value is -6.58. The molecule has 11 rings (SSSR count). The first-order valence-electron chi connectivity index (χ1n) is 17.9. The van der Waals surface area contributed by atoms with Gasteiger partial charge in [-0.1, -0.05) is 111 Å². The summed E-state index contributed by atoms with van der Waals surface area (Å²) in [6.45, 7) is 4.73. The molecule has 52 heavy (non-hydrogen) atoms. The van der Waals surface area contributed by atoms with E-state index in [4.69, 9.17) is 8.83 Å². The smallest absolute Gasteiger partial charge is 0.137 e. The lowest BCUT2D eigenvalue weighted by Crippen LogP contribution is -2.15. The van der Waals surface area contributed by atoms with Crippen molar-refractivity contribution in [3.05, 3.63) is 175 Å². The second kappa shape index (κ2) is 10.7. The summed E-state index contributed by atoms with van der Waals surface area (Å²) in [7, 11) is 0. The number of rotatable bonds is 4. The van der Waals surface area contributed by atoms with Crippen molar-refractivity contribution in [2.24, 2.45) is 0 Å². The molecule has 0 N–H and O–H groups in total. The number of hydrogen-bond donors (Lipinski definition) is 0. The van der Waals surface area contributed by atoms with Gasteiger partial charge in [-0.15, -0.1) is 0 Å². The fourth-order valence-electron chi connectivity index (χ4n) is 8.74. The Morgan fingerprint density at radius 2 is 1.10 bits per heavy atom. The van der Waals surface area contributed by atoms with E-state index in [1.165, 1.54) is 54.9 Å². The zero-order chi connectivity index (χ0) is 34.6. The molecule has 0 saturated carbocycles. The molecule has 2 aromatic heterocycles. The van der Waals surface area contributed by atoms with Crippen LogP contribution in [-0.4, -0.2) is 0 Å². The van der Waals surface area contributed by atoms with Gasteiger partial charge in [-0.05, 0) is 99.4 Å². The Kier molecular flexibility index (Phi) is 6.01. The molecule has 0 spiro atoms. The van der Waals surface area contributed by atoms with Crippen LogP contribution in [0.25, 0.3) is 76.9 Å². The number of furan rings is 2. The summed E-state index contributed by atoms with van der Waals surface area (Å²) >= 11 is 0. The number of nitrogens with zero attached hydrogens (tertiary/aromatic N) is 1. The van der Waals surface area contributed by atoms with Crippen LogP contribution in [0.2, 0.25) is 0 Å². The molecule has 2 heterocycles. The van der Waals surface area contributed by atoms with Crippen molar-refractivity contribution < 1.29 is 8.83 Å². The molecule has 3 heteroatoms. The van der Waals surface area contributed by atoms with E-state index < -0.39 is 0 Å². The molecule has 8 aromatic carbocycles. The summed E-state index contributed by atoms with van der Waals surface area (Å²) in [6, 6.07) is 58.7. The van der Waals surface area contributed by atoms with Gasteiger partial charge >= 0.3 is 0 Å². The molecule has 1 aliphatic carbocycles. The van der Waals surface area contributed by atoms with Crippen LogP contribution in [0.5, 0.6) is 0 Å².